The molecule has 0 N–H and O–H groups in total. The summed E-state index contributed by atoms with van der Waals surface area (Å²) in [7, 11) is 0. The summed E-state index contributed by atoms with van der Waals surface area (Å²) < 4.78 is 5.35. The quantitative estimate of drug-likeness (QED) is 0.622. The van der Waals surface area contributed by atoms with Gasteiger partial charge >= 0.3 is 5.97 Å². The van der Waals surface area contributed by atoms with Crippen LogP contribution in [0.4, 0.5) is 0 Å². The van der Waals surface area contributed by atoms with Crippen molar-refractivity contribution in [3.8, 4) is 11.8 Å². The highest BCUT2D eigenvalue weighted by atomic mass is 16.5. The molecule has 0 atom stereocenters. The van der Waals surface area contributed by atoms with Gasteiger partial charge in [-0.25, -0.2) is 4.79 Å². The molecule has 3 nitrogen and oxygen atoms in total. The topological polar surface area (TPSA) is 50.1 Å². The third-order valence-electron chi connectivity index (χ3n) is 3.79. The molecule has 1 aliphatic carbocycles. The number of nitriles is 1. The number of fused-ring (bicyclic) bond motifs is 1. The third kappa shape index (κ3) is 2.80. The molecular weight excluding hydrogens is 262 g/mol. The summed E-state index contributed by atoms with van der Waals surface area (Å²) in [6, 6.07) is 14.5. The molecule has 0 heterocycles. The predicted molar refractivity (Wildman–Crippen MR) is 79.2 cm³/mol. The van der Waals surface area contributed by atoms with Gasteiger partial charge in [-0.2, -0.15) is 5.26 Å². The molecule has 2 aromatic rings. The summed E-state index contributed by atoms with van der Waals surface area (Å²) >= 11 is 0. The molecule has 0 unspecified atom stereocenters. The SMILES string of the molecule is N#Cc1ccccc1OC(=O)c1ccc2c(c1)CCCC2. The van der Waals surface area contributed by atoms with E-state index >= 15 is 0 Å². The van der Waals surface area contributed by atoms with Crippen LogP contribution in [0.3, 0.4) is 0 Å². The van der Waals surface area contributed by atoms with Gasteiger partial charge in [0.15, 0.2) is 0 Å². The van der Waals surface area contributed by atoms with Crippen molar-refractivity contribution < 1.29 is 9.53 Å². The van der Waals surface area contributed by atoms with E-state index in [1.54, 1.807) is 24.3 Å². The van der Waals surface area contributed by atoms with Crippen molar-refractivity contribution in [1.82, 2.24) is 0 Å². The molecule has 0 radical (unpaired) electrons. The van der Waals surface area contributed by atoms with Crippen molar-refractivity contribution in [2.45, 2.75) is 25.7 Å². The highest BCUT2D eigenvalue weighted by Gasteiger charge is 2.15. The van der Waals surface area contributed by atoms with Crippen LogP contribution in [0, 0.1) is 11.3 Å². The first-order valence-electron chi connectivity index (χ1n) is 7.11. The predicted octanol–water partition coefficient (Wildman–Crippen LogP) is 3.66. The van der Waals surface area contributed by atoms with Gasteiger partial charge in [-0.15, -0.1) is 0 Å². The van der Waals surface area contributed by atoms with Gasteiger partial charge in [0.05, 0.1) is 11.1 Å². The second-order valence-electron chi connectivity index (χ2n) is 5.19. The first-order chi connectivity index (χ1) is 10.3. The molecule has 3 rings (SSSR count). The number of esters is 1. The lowest BCUT2D eigenvalue weighted by atomic mass is 9.90. The Bertz CT molecular complexity index is 728. The number of carbonyl (C=O) groups is 1. The third-order valence-corrected chi connectivity index (χ3v) is 3.79. The van der Waals surface area contributed by atoms with E-state index in [0.717, 1.165) is 12.8 Å². The van der Waals surface area contributed by atoms with Crippen molar-refractivity contribution in [2.24, 2.45) is 0 Å². The lowest BCUT2D eigenvalue weighted by Crippen LogP contribution is -2.11. The Morgan fingerprint density at radius 3 is 2.62 bits per heavy atom. The van der Waals surface area contributed by atoms with Gasteiger partial charge in [0.2, 0.25) is 0 Å². The zero-order valence-corrected chi connectivity index (χ0v) is 11.6. The van der Waals surface area contributed by atoms with E-state index in [1.807, 2.05) is 24.3 Å². The van der Waals surface area contributed by atoms with Gasteiger partial charge in [0.25, 0.3) is 0 Å². The lowest BCUT2D eigenvalue weighted by molar-refractivity contribution is 0.0734. The molecule has 3 heteroatoms. The van der Waals surface area contributed by atoms with Crippen LogP contribution < -0.4 is 4.74 Å². The van der Waals surface area contributed by atoms with Crippen LogP contribution >= 0.6 is 0 Å². The molecule has 1 aliphatic rings. The maximum Gasteiger partial charge on any atom is 0.343 e. The Labute approximate surface area is 123 Å². The Morgan fingerprint density at radius 1 is 1.05 bits per heavy atom. The van der Waals surface area contributed by atoms with Gasteiger partial charge in [-0.3, -0.25) is 0 Å². The van der Waals surface area contributed by atoms with E-state index < -0.39 is 5.97 Å². The monoisotopic (exact) mass is 277 g/mol. The number of rotatable bonds is 2. The molecule has 0 amide bonds. The molecule has 0 bridgehead atoms. The molecule has 21 heavy (non-hydrogen) atoms. The van der Waals surface area contributed by atoms with E-state index in [9.17, 15) is 4.79 Å². The summed E-state index contributed by atoms with van der Waals surface area (Å²) in [5, 5.41) is 9.02. The van der Waals surface area contributed by atoms with E-state index in [0.29, 0.717) is 16.9 Å². The molecule has 2 aromatic carbocycles. The number of nitrogens with zero attached hydrogens (tertiary/aromatic N) is 1. The van der Waals surface area contributed by atoms with E-state index in [2.05, 4.69) is 0 Å². The maximum absolute atomic E-state index is 12.2. The molecular formula is C18H15NO2. The summed E-state index contributed by atoms with van der Waals surface area (Å²) in [6.07, 6.45) is 4.49. The largest absolute Gasteiger partial charge is 0.422 e. The summed E-state index contributed by atoms with van der Waals surface area (Å²) in [5.41, 5.74) is 3.48. The number of para-hydroxylation sites is 1. The fraction of sp³-hybridized carbons (Fsp3) is 0.222. The fourth-order valence-electron chi connectivity index (χ4n) is 2.67. The summed E-state index contributed by atoms with van der Waals surface area (Å²) in [4.78, 5) is 12.2. The van der Waals surface area contributed by atoms with Gasteiger partial charge in [0, 0.05) is 0 Å². The summed E-state index contributed by atoms with van der Waals surface area (Å²) in [5.74, 6) is -0.103. The standard InChI is InChI=1S/C18H15NO2/c19-12-16-7-3-4-8-17(16)21-18(20)15-10-9-13-5-1-2-6-14(13)11-15/h3-4,7-11H,1-2,5-6H2. The second kappa shape index (κ2) is 5.80. The zero-order valence-electron chi connectivity index (χ0n) is 11.6. The number of carbonyl (C=O) groups excluding carboxylic acids is 1. The fourth-order valence-corrected chi connectivity index (χ4v) is 2.67. The molecule has 104 valence electrons. The van der Waals surface area contributed by atoms with Crippen LogP contribution in [0.15, 0.2) is 42.5 Å². The normalized spacial score (nSPS) is 13.1. The van der Waals surface area contributed by atoms with Gasteiger partial charge < -0.3 is 4.74 Å². The first kappa shape index (κ1) is 13.4. The minimum Gasteiger partial charge on any atom is -0.422 e. The number of aryl methyl sites for hydroxylation is 2. The van der Waals surface area contributed by atoms with Gasteiger partial charge in [-0.05, 0) is 61.1 Å². The van der Waals surface area contributed by atoms with Gasteiger partial charge in [-0.1, -0.05) is 18.2 Å². The van der Waals surface area contributed by atoms with Crippen LogP contribution in [0.5, 0.6) is 5.75 Å². The molecule has 0 saturated carbocycles. The van der Waals surface area contributed by atoms with Gasteiger partial charge in [0.1, 0.15) is 11.8 Å². The molecule has 0 saturated heterocycles. The van der Waals surface area contributed by atoms with E-state index in [-0.39, 0.29) is 0 Å². The smallest absolute Gasteiger partial charge is 0.343 e. The molecule has 0 fully saturated rings. The minimum atomic E-state index is -0.411. The lowest BCUT2D eigenvalue weighted by Gasteiger charge is -2.16. The maximum atomic E-state index is 12.2. The van der Waals surface area contributed by atoms with Crippen LogP contribution in [0.1, 0.15) is 39.9 Å². The van der Waals surface area contributed by atoms with Crippen LogP contribution in [0.2, 0.25) is 0 Å². The number of ether oxygens (including phenoxy) is 1. The summed E-state index contributed by atoms with van der Waals surface area (Å²) in [6.45, 7) is 0. The Kier molecular flexibility index (Phi) is 3.70. The number of hydrogen-bond donors (Lipinski definition) is 0. The van der Waals surface area contributed by atoms with Crippen molar-refractivity contribution in [3.63, 3.8) is 0 Å². The number of benzene rings is 2. The second-order valence-corrected chi connectivity index (χ2v) is 5.19. The van der Waals surface area contributed by atoms with Crippen LogP contribution in [-0.2, 0) is 12.8 Å². The van der Waals surface area contributed by atoms with Crippen molar-refractivity contribution >= 4 is 5.97 Å². The van der Waals surface area contributed by atoms with Crippen LogP contribution in [-0.4, -0.2) is 5.97 Å². The Balaban J connectivity index is 1.84. The van der Waals surface area contributed by atoms with Crippen LogP contribution in [0.25, 0.3) is 0 Å². The molecule has 0 spiro atoms. The highest BCUT2D eigenvalue weighted by molar-refractivity contribution is 5.91. The molecule has 0 aliphatic heterocycles. The minimum absolute atomic E-state index is 0.308. The van der Waals surface area contributed by atoms with Crippen molar-refractivity contribution in [1.29, 1.82) is 5.26 Å². The average molecular weight is 277 g/mol. The Morgan fingerprint density at radius 2 is 1.81 bits per heavy atom. The van der Waals surface area contributed by atoms with Crippen molar-refractivity contribution in [2.75, 3.05) is 0 Å². The van der Waals surface area contributed by atoms with Crippen molar-refractivity contribution in [3.05, 3.63) is 64.7 Å². The highest BCUT2D eigenvalue weighted by Crippen LogP contribution is 2.23. The first-order valence-corrected chi connectivity index (χ1v) is 7.11. The zero-order chi connectivity index (χ0) is 14.7. The molecule has 0 aromatic heterocycles. The van der Waals surface area contributed by atoms with E-state index in [4.69, 9.17) is 10.00 Å². The average Bonchev–Trinajstić information content (AvgIpc) is 2.55. The Hall–Kier alpha value is -2.60. The van der Waals surface area contributed by atoms with E-state index in [1.165, 1.54) is 24.0 Å². The number of hydrogen-bond acceptors (Lipinski definition) is 3.